The molecule has 3 nitrogen and oxygen atoms in total. The number of nitrogens with zero attached hydrogens (tertiary/aromatic N) is 1. The van der Waals surface area contributed by atoms with Gasteiger partial charge in [-0.3, -0.25) is 0 Å². The van der Waals surface area contributed by atoms with Crippen LogP contribution >= 0.6 is 11.6 Å². The Bertz CT molecular complexity index is 397. The van der Waals surface area contributed by atoms with E-state index in [-0.39, 0.29) is 0 Å². The van der Waals surface area contributed by atoms with Crippen molar-refractivity contribution in [3.63, 3.8) is 0 Å². The van der Waals surface area contributed by atoms with Crippen LogP contribution in [0.1, 0.15) is 11.1 Å². The van der Waals surface area contributed by atoms with E-state index in [2.05, 4.69) is 4.98 Å². The van der Waals surface area contributed by atoms with Crippen LogP contribution in [0.25, 0.3) is 11.1 Å². The Morgan fingerprint density at radius 3 is 3.08 bits per heavy atom. The maximum Gasteiger partial charge on any atom is 0.181 e. The molecule has 2 N–H and O–H groups in total. The minimum atomic E-state index is -0.487. The molecule has 62 valence electrons. The molecule has 0 aliphatic rings. The lowest BCUT2D eigenvalue weighted by atomic mass is 10.2. The molecule has 0 fully saturated rings. The topological polar surface area (TPSA) is 52.0 Å². The predicted octanol–water partition coefficient (Wildman–Crippen LogP) is 2.02. The average Bonchev–Trinajstić information content (AvgIpc) is 2.49. The molecule has 0 aliphatic heterocycles. The molecule has 4 heteroatoms. The van der Waals surface area contributed by atoms with E-state index in [4.69, 9.17) is 21.8 Å². The van der Waals surface area contributed by atoms with Crippen molar-refractivity contribution in [1.29, 1.82) is 0 Å². The summed E-state index contributed by atoms with van der Waals surface area (Å²) in [5.74, 6) is 0. The van der Waals surface area contributed by atoms with Crippen LogP contribution in [-0.2, 0) is 0 Å². The quantitative estimate of drug-likeness (QED) is 0.542. The van der Waals surface area contributed by atoms with E-state index in [9.17, 15) is 0 Å². The summed E-state index contributed by atoms with van der Waals surface area (Å²) < 4.78 is 5.08. The summed E-state index contributed by atoms with van der Waals surface area (Å²) in [5, 5.41) is 0. The molecule has 1 atom stereocenters. The van der Waals surface area contributed by atoms with Gasteiger partial charge in [-0.05, 0) is 17.7 Å². The minimum absolute atomic E-state index is 0.487. The maximum absolute atomic E-state index is 5.69. The van der Waals surface area contributed by atoms with Crippen LogP contribution in [0, 0.1) is 0 Å². The molecule has 12 heavy (non-hydrogen) atoms. The lowest BCUT2D eigenvalue weighted by Gasteiger charge is -2.00. The molecule has 0 saturated heterocycles. The van der Waals surface area contributed by atoms with Crippen molar-refractivity contribution in [2.24, 2.45) is 5.73 Å². The van der Waals surface area contributed by atoms with Gasteiger partial charge in [0.15, 0.2) is 12.0 Å². The Kier molecular flexibility index (Phi) is 1.75. The average molecular weight is 183 g/mol. The van der Waals surface area contributed by atoms with Crippen molar-refractivity contribution in [2.45, 2.75) is 5.50 Å². The van der Waals surface area contributed by atoms with Crippen molar-refractivity contribution in [3.05, 3.63) is 30.2 Å². The summed E-state index contributed by atoms with van der Waals surface area (Å²) in [5.41, 5.74) is 7.35. The van der Waals surface area contributed by atoms with Crippen molar-refractivity contribution in [3.8, 4) is 0 Å². The van der Waals surface area contributed by atoms with Gasteiger partial charge < -0.3 is 10.2 Å². The molecule has 0 amide bonds. The van der Waals surface area contributed by atoms with Gasteiger partial charge in [0, 0.05) is 0 Å². The van der Waals surface area contributed by atoms with Gasteiger partial charge in [-0.15, -0.1) is 11.6 Å². The minimum Gasteiger partial charge on any atom is -0.443 e. The number of oxazole rings is 1. The van der Waals surface area contributed by atoms with E-state index < -0.39 is 5.50 Å². The molecular weight excluding hydrogens is 176 g/mol. The molecule has 1 aromatic heterocycles. The van der Waals surface area contributed by atoms with E-state index >= 15 is 0 Å². The predicted molar refractivity (Wildman–Crippen MR) is 46.8 cm³/mol. The molecule has 0 bridgehead atoms. The normalized spacial score (nSPS) is 13.5. The summed E-state index contributed by atoms with van der Waals surface area (Å²) in [6, 6.07) is 5.46. The fourth-order valence-corrected chi connectivity index (χ4v) is 1.18. The first kappa shape index (κ1) is 7.58. The lowest BCUT2D eigenvalue weighted by Crippen LogP contribution is -2.01. The second-order valence-electron chi connectivity index (χ2n) is 2.48. The number of aromatic nitrogens is 1. The number of benzene rings is 1. The van der Waals surface area contributed by atoms with Gasteiger partial charge in [0.2, 0.25) is 0 Å². The zero-order valence-corrected chi connectivity index (χ0v) is 6.95. The second-order valence-corrected chi connectivity index (χ2v) is 2.95. The molecule has 0 radical (unpaired) electrons. The van der Waals surface area contributed by atoms with Crippen LogP contribution in [0.3, 0.4) is 0 Å². The van der Waals surface area contributed by atoms with Crippen molar-refractivity contribution < 1.29 is 4.42 Å². The van der Waals surface area contributed by atoms with E-state index in [1.807, 2.05) is 12.1 Å². The molecule has 0 spiro atoms. The number of alkyl halides is 1. The highest BCUT2D eigenvalue weighted by Crippen LogP contribution is 2.19. The summed E-state index contributed by atoms with van der Waals surface area (Å²) in [6.07, 6.45) is 1.40. The third-order valence-corrected chi connectivity index (χ3v) is 1.93. The summed E-state index contributed by atoms with van der Waals surface area (Å²) >= 11 is 5.69. The van der Waals surface area contributed by atoms with Crippen LogP contribution in [0.2, 0.25) is 0 Å². The first-order valence-corrected chi connectivity index (χ1v) is 3.94. The first-order valence-electron chi connectivity index (χ1n) is 3.50. The summed E-state index contributed by atoms with van der Waals surface area (Å²) in [4.78, 5) is 3.97. The lowest BCUT2D eigenvalue weighted by molar-refractivity contribution is 0.601. The molecule has 2 aromatic rings. The molecule has 1 unspecified atom stereocenters. The smallest absolute Gasteiger partial charge is 0.181 e. The largest absolute Gasteiger partial charge is 0.443 e. The molecule has 1 aromatic carbocycles. The van der Waals surface area contributed by atoms with Crippen molar-refractivity contribution in [2.75, 3.05) is 0 Å². The monoisotopic (exact) mass is 182 g/mol. The van der Waals surface area contributed by atoms with Gasteiger partial charge in [0.05, 0.1) is 0 Å². The number of halogens is 1. The van der Waals surface area contributed by atoms with Crippen molar-refractivity contribution in [1.82, 2.24) is 4.98 Å². The summed E-state index contributed by atoms with van der Waals surface area (Å²) in [7, 11) is 0. The van der Waals surface area contributed by atoms with Crippen LogP contribution in [0.5, 0.6) is 0 Å². The standard InChI is InChI=1S/C8H7ClN2O/c9-8(10)5-1-2-6-7(3-5)12-4-11-6/h1-4,8H,10H2. The van der Waals surface area contributed by atoms with E-state index in [0.29, 0.717) is 5.58 Å². The van der Waals surface area contributed by atoms with Gasteiger partial charge in [0.1, 0.15) is 11.0 Å². The van der Waals surface area contributed by atoms with Crippen LogP contribution < -0.4 is 5.73 Å². The van der Waals surface area contributed by atoms with Crippen LogP contribution in [0.4, 0.5) is 0 Å². The Morgan fingerprint density at radius 1 is 1.50 bits per heavy atom. The van der Waals surface area contributed by atoms with Gasteiger partial charge >= 0.3 is 0 Å². The van der Waals surface area contributed by atoms with E-state index in [0.717, 1.165) is 11.1 Å². The van der Waals surface area contributed by atoms with Crippen LogP contribution in [-0.4, -0.2) is 4.98 Å². The number of fused-ring (bicyclic) bond motifs is 1. The number of rotatable bonds is 1. The molecule has 0 aliphatic carbocycles. The Balaban J connectivity index is 2.60. The highest BCUT2D eigenvalue weighted by Gasteiger charge is 2.04. The number of hydrogen-bond acceptors (Lipinski definition) is 3. The fraction of sp³-hybridized carbons (Fsp3) is 0.125. The third-order valence-electron chi connectivity index (χ3n) is 1.67. The van der Waals surface area contributed by atoms with Gasteiger partial charge in [-0.25, -0.2) is 4.98 Å². The molecular formula is C8H7ClN2O. The zero-order chi connectivity index (χ0) is 8.55. The van der Waals surface area contributed by atoms with Gasteiger partial charge in [0.25, 0.3) is 0 Å². The van der Waals surface area contributed by atoms with Crippen molar-refractivity contribution >= 4 is 22.7 Å². The molecule has 1 heterocycles. The van der Waals surface area contributed by atoms with Gasteiger partial charge in [-0.1, -0.05) is 6.07 Å². The second kappa shape index (κ2) is 2.77. The zero-order valence-electron chi connectivity index (χ0n) is 6.20. The van der Waals surface area contributed by atoms with Gasteiger partial charge in [-0.2, -0.15) is 0 Å². The van der Waals surface area contributed by atoms with Crippen LogP contribution in [0.15, 0.2) is 29.0 Å². The SMILES string of the molecule is NC(Cl)c1ccc2ncoc2c1. The summed E-state index contributed by atoms with van der Waals surface area (Å²) in [6.45, 7) is 0. The van der Waals surface area contributed by atoms with E-state index in [1.165, 1.54) is 6.39 Å². The van der Waals surface area contributed by atoms with E-state index in [1.54, 1.807) is 6.07 Å². The Labute approximate surface area is 74.1 Å². The molecule has 0 saturated carbocycles. The Hall–Kier alpha value is -1.06. The highest BCUT2D eigenvalue weighted by atomic mass is 35.5. The number of hydrogen-bond donors (Lipinski definition) is 1. The third kappa shape index (κ3) is 1.17. The fourth-order valence-electron chi connectivity index (χ4n) is 1.04. The first-order chi connectivity index (χ1) is 5.77. The molecule has 2 rings (SSSR count). The highest BCUT2D eigenvalue weighted by molar-refractivity contribution is 6.20. The Morgan fingerprint density at radius 2 is 2.33 bits per heavy atom. The number of nitrogens with two attached hydrogens (primary N) is 1. The maximum atomic E-state index is 5.69.